The van der Waals surface area contributed by atoms with Gasteiger partial charge in [-0.2, -0.15) is 5.10 Å². The van der Waals surface area contributed by atoms with E-state index in [4.69, 9.17) is 10.5 Å². The number of carbonyl (C=O) groups is 1. The van der Waals surface area contributed by atoms with Crippen molar-refractivity contribution in [1.82, 2.24) is 14.8 Å². The van der Waals surface area contributed by atoms with E-state index < -0.39 is 18.0 Å². The van der Waals surface area contributed by atoms with Crippen LogP contribution in [0.1, 0.15) is 5.56 Å². The minimum absolute atomic E-state index is 0.124. The highest BCUT2D eigenvalue weighted by molar-refractivity contribution is 5.90. The highest BCUT2D eigenvalue weighted by Crippen LogP contribution is 2.29. The maximum Gasteiger partial charge on any atom is 0.414 e. The van der Waals surface area contributed by atoms with Gasteiger partial charge in [0.05, 0.1) is 18.8 Å². The average molecular weight is 383 g/mol. The lowest BCUT2D eigenvalue weighted by atomic mass is 10.0. The summed E-state index contributed by atoms with van der Waals surface area (Å²) in [6.07, 6.45) is 0.124. The Kier molecular flexibility index (Phi) is 4.66. The number of H-pyrrole nitrogens is 1. The second-order valence-corrected chi connectivity index (χ2v) is 6.46. The lowest BCUT2D eigenvalue weighted by Crippen LogP contribution is -2.29. The van der Waals surface area contributed by atoms with Gasteiger partial charge in [0.25, 0.3) is 0 Å². The van der Waals surface area contributed by atoms with Crippen molar-refractivity contribution in [3.8, 4) is 11.1 Å². The Morgan fingerprint density at radius 2 is 2.00 bits per heavy atom. The van der Waals surface area contributed by atoms with Gasteiger partial charge in [-0.3, -0.25) is 9.88 Å². The topological polar surface area (TPSA) is 106 Å². The largest absolute Gasteiger partial charge is 0.442 e. The number of ether oxygens (including phenoxy) is 1. The molecule has 1 amide bonds. The molecule has 144 valence electrons. The molecular weight excluding hydrogens is 365 g/mol. The van der Waals surface area contributed by atoms with E-state index >= 15 is 0 Å². The molecule has 9 heteroatoms. The number of nitrogens with one attached hydrogen (secondary N) is 1. The summed E-state index contributed by atoms with van der Waals surface area (Å²) in [4.78, 5) is 27.5. The van der Waals surface area contributed by atoms with Gasteiger partial charge in [-0.15, -0.1) is 0 Å². The number of aromatic amines is 1. The summed E-state index contributed by atoms with van der Waals surface area (Å²) in [6, 6.07) is 11.9. The molecule has 0 aliphatic carbocycles. The Bertz CT molecular complexity index is 1060. The molecule has 1 aromatic heterocycles. The molecule has 1 atom stereocenters. The SMILES string of the molecule is NCc1ccc(-c2ccc(N3C[C@H](Cn4nc[nH]c4=O)OC3=O)cc2F)cc1. The number of carbonyl (C=O) groups excluding carboxylic acids is 1. The van der Waals surface area contributed by atoms with Gasteiger partial charge in [0, 0.05) is 12.1 Å². The van der Waals surface area contributed by atoms with E-state index in [0.717, 1.165) is 11.1 Å². The molecule has 0 saturated carbocycles. The van der Waals surface area contributed by atoms with Crippen molar-refractivity contribution in [1.29, 1.82) is 0 Å². The first-order valence-corrected chi connectivity index (χ1v) is 8.72. The minimum atomic E-state index is -0.590. The first-order chi connectivity index (χ1) is 13.5. The summed E-state index contributed by atoms with van der Waals surface area (Å²) in [5.74, 6) is -0.447. The number of rotatable bonds is 5. The lowest BCUT2D eigenvalue weighted by molar-refractivity contribution is 0.128. The van der Waals surface area contributed by atoms with Gasteiger partial charge in [0.15, 0.2) is 0 Å². The zero-order chi connectivity index (χ0) is 19.7. The molecule has 0 unspecified atom stereocenters. The summed E-state index contributed by atoms with van der Waals surface area (Å²) in [6.45, 7) is 0.741. The van der Waals surface area contributed by atoms with E-state index in [9.17, 15) is 14.0 Å². The summed E-state index contributed by atoms with van der Waals surface area (Å²) in [7, 11) is 0. The molecule has 3 N–H and O–H groups in total. The molecule has 4 rings (SSSR count). The maximum absolute atomic E-state index is 14.7. The van der Waals surface area contributed by atoms with Crippen molar-refractivity contribution >= 4 is 11.8 Å². The van der Waals surface area contributed by atoms with E-state index in [1.807, 2.05) is 24.3 Å². The Morgan fingerprint density at radius 3 is 2.64 bits per heavy atom. The van der Waals surface area contributed by atoms with Crippen molar-refractivity contribution in [2.75, 3.05) is 11.4 Å². The van der Waals surface area contributed by atoms with Crippen LogP contribution in [0.3, 0.4) is 0 Å². The molecule has 1 aliphatic rings. The molecule has 2 aromatic carbocycles. The van der Waals surface area contributed by atoms with Crippen LogP contribution in [-0.2, 0) is 17.8 Å². The molecule has 0 bridgehead atoms. The molecule has 8 nitrogen and oxygen atoms in total. The predicted molar refractivity (Wildman–Crippen MR) is 100 cm³/mol. The monoisotopic (exact) mass is 383 g/mol. The van der Waals surface area contributed by atoms with Crippen LogP contribution in [-0.4, -0.2) is 33.5 Å². The highest BCUT2D eigenvalue weighted by Gasteiger charge is 2.33. The molecule has 1 aliphatic heterocycles. The summed E-state index contributed by atoms with van der Waals surface area (Å²) >= 11 is 0. The van der Waals surface area contributed by atoms with E-state index in [2.05, 4.69) is 10.1 Å². The number of hydrogen-bond acceptors (Lipinski definition) is 5. The third-order valence-electron chi connectivity index (χ3n) is 4.64. The number of anilines is 1. The molecule has 0 spiro atoms. The van der Waals surface area contributed by atoms with Crippen LogP contribution in [0.4, 0.5) is 14.9 Å². The maximum atomic E-state index is 14.7. The zero-order valence-electron chi connectivity index (χ0n) is 14.8. The van der Waals surface area contributed by atoms with Crippen molar-refractivity contribution < 1.29 is 13.9 Å². The number of aromatic nitrogens is 3. The lowest BCUT2D eigenvalue weighted by Gasteiger charge is -2.14. The van der Waals surface area contributed by atoms with Crippen LogP contribution >= 0.6 is 0 Å². The smallest absolute Gasteiger partial charge is 0.414 e. The molecule has 3 aromatic rings. The Balaban J connectivity index is 1.52. The van der Waals surface area contributed by atoms with Gasteiger partial charge >= 0.3 is 11.8 Å². The number of nitrogens with zero attached hydrogens (tertiary/aromatic N) is 3. The molecular formula is C19H18FN5O3. The van der Waals surface area contributed by atoms with Gasteiger partial charge in [-0.25, -0.2) is 18.7 Å². The number of halogens is 1. The first-order valence-electron chi connectivity index (χ1n) is 8.72. The third kappa shape index (κ3) is 3.39. The van der Waals surface area contributed by atoms with Gasteiger partial charge in [0.2, 0.25) is 0 Å². The van der Waals surface area contributed by atoms with Gasteiger partial charge in [0.1, 0.15) is 18.2 Å². The van der Waals surface area contributed by atoms with Crippen molar-refractivity contribution in [3.63, 3.8) is 0 Å². The number of nitrogens with two attached hydrogens (primary N) is 1. The van der Waals surface area contributed by atoms with Gasteiger partial charge in [-0.05, 0) is 29.3 Å². The number of hydrogen-bond donors (Lipinski definition) is 2. The molecule has 1 fully saturated rings. The van der Waals surface area contributed by atoms with Crippen LogP contribution in [0.2, 0.25) is 0 Å². The molecule has 28 heavy (non-hydrogen) atoms. The normalized spacial score (nSPS) is 16.4. The van der Waals surface area contributed by atoms with Crippen LogP contribution in [0.5, 0.6) is 0 Å². The van der Waals surface area contributed by atoms with E-state index in [0.29, 0.717) is 17.8 Å². The van der Waals surface area contributed by atoms with Crippen molar-refractivity contribution in [2.45, 2.75) is 19.2 Å². The average Bonchev–Trinajstić information content (AvgIpc) is 3.27. The van der Waals surface area contributed by atoms with Gasteiger partial charge < -0.3 is 10.5 Å². The molecule has 0 radical (unpaired) electrons. The Hall–Kier alpha value is -3.46. The Labute approximate surface area is 159 Å². The fraction of sp³-hybridized carbons (Fsp3) is 0.211. The second-order valence-electron chi connectivity index (χ2n) is 6.46. The zero-order valence-corrected chi connectivity index (χ0v) is 14.8. The van der Waals surface area contributed by atoms with E-state index in [1.54, 1.807) is 12.1 Å². The van der Waals surface area contributed by atoms with Crippen LogP contribution < -0.4 is 16.3 Å². The van der Waals surface area contributed by atoms with E-state index in [1.165, 1.54) is 22.0 Å². The summed E-state index contributed by atoms with van der Waals surface area (Å²) in [5, 5.41) is 3.84. The van der Waals surface area contributed by atoms with Crippen LogP contribution in [0, 0.1) is 5.82 Å². The van der Waals surface area contributed by atoms with Crippen LogP contribution in [0.15, 0.2) is 53.6 Å². The highest BCUT2D eigenvalue weighted by atomic mass is 19.1. The fourth-order valence-corrected chi connectivity index (χ4v) is 3.16. The van der Waals surface area contributed by atoms with Crippen molar-refractivity contribution in [3.05, 3.63) is 70.7 Å². The standard InChI is InChI=1S/C19H18FN5O3/c20-17-7-14(5-6-16(17)13-3-1-12(8-21)2-4-13)24-9-15(28-19(24)27)10-25-18(26)22-11-23-25/h1-7,11,15H,8-10,21H2,(H,22,23,26)/t15-/m1/s1. The minimum Gasteiger partial charge on any atom is -0.442 e. The number of amides is 1. The molecule has 1 saturated heterocycles. The quantitative estimate of drug-likeness (QED) is 0.700. The number of cyclic esters (lactones) is 1. The second kappa shape index (κ2) is 7.28. The Morgan fingerprint density at radius 1 is 1.21 bits per heavy atom. The van der Waals surface area contributed by atoms with Gasteiger partial charge in [-0.1, -0.05) is 24.3 Å². The third-order valence-corrected chi connectivity index (χ3v) is 4.64. The predicted octanol–water partition coefficient (Wildman–Crippen LogP) is 1.86. The van der Waals surface area contributed by atoms with Crippen LogP contribution in [0.25, 0.3) is 11.1 Å². The summed E-state index contributed by atoms with van der Waals surface area (Å²) < 4.78 is 21.1. The fourth-order valence-electron chi connectivity index (χ4n) is 3.16. The van der Waals surface area contributed by atoms with Crippen molar-refractivity contribution in [2.24, 2.45) is 5.73 Å². The first kappa shape index (κ1) is 17.9. The molecule has 2 heterocycles. The van der Waals surface area contributed by atoms with E-state index in [-0.39, 0.29) is 18.8 Å². The number of benzene rings is 2. The summed E-state index contributed by atoms with van der Waals surface area (Å²) in [5.41, 5.74) is 7.71.